The van der Waals surface area contributed by atoms with E-state index in [1.807, 2.05) is 11.5 Å². The van der Waals surface area contributed by atoms with E-state index in [0.29, 0.717) is 11.7 Å². The number of aliphatic hydroxyl groups excluding tert-OH is 1. The number of thiazole rings is 1. The Kier molecular flexibility index (Phi) is 3.87. The average molecular weight is 327 g/mol. The lowest BCUT2D eigenvalue weighted by Crippen LogP contribution is -2.22. The van der Waals surface area contributed by atoms with Crippen molar-refractivity contribution in [2.24, 2.45) is 0 Å². The van der Waals surface area contributed by atoms with Crippen LogP contribution in [0, 0.1) is 6.92 Å². The molecule has 0 bridgehead atoms. The first-order chi connectivity index (χ1) is 9.99. The highest BCUT2D eigenvalue weighted by Gasteiger charge is 2.28. The summed E-state index contributed by atoms with van der Waals surface area (Å²) in [5.41, 5.74) is 0.645. The van der Waals surface area contributed by atoms with Crippen LogP contribution < -0.4 is 4.72 Å². The van der Waals surface area contributed by atoms with Crippen molar-refractivity contribution in [2.45, 2.75) is 43.9 Å². The van der Waals surface area contributed by atoms with Crippen LogP contribution in [0.25, 0.3) is 0 Å². The van der Waals surface area contributed by atoms with Gasteiger partial charge in [0.1, 0.15) is 0 Å². The third kappa shape index (κ3) is 3.18. The second-order valence-corrected chi connectivity index (χ2v) is 8.22. The van der Waals surface area contributed by atoms with E-state index in [0.717, 1.165) is 22.7 Å². The fourth-order valence-corrected chi connectivity index (χ4v) is 4.08. The highest BCUT2D eigenvalue weighted by atomic mass is 32.2. The van der Waals surface area contributed by atoms with Gasteiger partial charge in [0.2, 0.25) is 10.0 Å². The van der Waals surface area contributed by atoms with Gasteiger partial charge in [-0.3, -0.25) is 0 Å². The maximum absolute atomic E-state index is 12.3. The fourth-order valence-electron chi connectivity index (χ4n) is 2.20. The number of hydrogen-bond acceptors (Lipinski definition) is 5. The molecule has 21 heavy (non-hydrogen) atoms. The molecule has 1 aliphatic rings. The molecule has 2 aromatic rings. The molecule has 0 aliphatic heterocycles. The molecule has 1 fully saturated rings. The first-order valence-electron chi connectivity index (χ1n) is 6.72. The van der Waals surface area contributed by atoms with Crippen LogP contribution in [0.5, 0.6) is 0 Å². The predicted molar refractivity (Wildman–Crippen MR) is 79.5 cm³/mol. The van der Waals surface area contributed by atoms with E-state index in [2.05, 4.69) is 9.71 Å². The molecule has 0 atom stereocenters. The molecule has 1 aliphatic carbocycles. The quantitative estimate of drug-likeness (QED) is 0.843. The molecule has 0 spiro atoms. The monoisotopic (exact) mass is 327 g/mol. The maximum atomic E-state index is 12.3. The molecule has 0 saturated heterocycles. The molecule has 8 heteroatoms. The lowest BCUT2D eigenvalue weighted by atomic mass is 10.4. The van der Waals surface area contributed by atoms with E-state index < -0.39 is 10.0 Å². The molecule has 2 N–H and O–H groups in total. The summed E-state index contributed by atoms with van der Waals surface area (Å²) in [6.07, 6.45) is 5.37. The van der Waals surface area contributed by atoms with Gasteiger partial charge in [0.25, 0.3) is 0 Å². The van der Waals surface area contributed by atoms with E-state index >= 15 is 0 Å². The predicted octanol–water partition coefficient (Wildman–Crippen LogP) is 1.56. The minimum atomic E-state index is -3.57. The summed E-state index contributed by atoms with van der Waals surface area (Å²) in [5, 5.41) is 10.3. The molecule has 114 valence electrons. The number of aromatic nitrogens is 2. The molecule has 2 aromatic heterocycles. The van der Waals surface area contributed by atoms with Crippen LogP contribution in [0.2, 0.25) is 0 Å². The second-order valence-electron chi connectivity index (χ2n) is 5.13. The molecule has 1 saturated carbocycles. The van der Waals surface area contributed by atoms with Gasteiger partial charge in [-0.25, -0.2) is 18.1 Å². The third-order valence-corrected chi connectivity index (χ3v) is 5.71. The minimum Gasteiger partial charge on any atom is -0.390 e. The fraction of sp³-hybridized carbons (Fsp3) is 0.462. The van der Waals surface area contributed by atoms with Crippen LogP contribution in [-0.2, 0) is 23.2 Å². The lowest BCUT2D eigenvalue weighted by molar-refractivity contribution is 0.270. The zero-order valence-corrected chi connectivity index (χ0v) is 13.2. The van der Waals surface area contributed by atoms with Crippen LogP contribution >= 0.6 is 11.3 Å². The van der Waals surface area contributed by atoms with Crippen molar-refractivity contribution < 1.29 is 13.5 Å². The second kappa shape index (κ2) is 5.53. The highest BCUT2D eigenvalue weighted by molar-refractivity contribution is 7.89. The van der Waals surface area contributed by atoms with Crippen molar-refractivity contribution in [2.75, 3.05) is 0 Å². The highest BCUT2D eigenvalue weighted by Crippen LogP contribution is 2.37. The summed E-state index contributed by atoms with van der Waals surface area (Å²) in [6.45, 7) is 1.96. The van der Waals surface area contributed by atoms with Gasteiger partial charge in [0, 0.05) is 35.6 Å². The molecular weight excluding hydrogens is 310 g/mol. The Morgan fingerprint density at radius 3 is 2.86 bits per heavy atom. The Morgan fingerprint density at radius 2 is 2.29 bits per heavy atom. The summed E-state index contributed by atoms with van der Waals surface area (Å²) in [6, 6.07) is 1.87. The van der Waals surface area contributed by atoms with Crippen molar-refractivity contribution >= 4 is 21.4 Å². The Bertz CT molecular complexity index is 745. The molecule has 2 heterocycles. The summed E-state index contributed by atoms with van der Waals surface area (Å²) in [4.78, 5) is 5.18. The van der Waals surface area contributed by atoms with Crippen LogP contribution in [-0.4, -0.2) is 23.1 Å². The summed E-state index contributed by atoms with van der Waals surface area (Å²) in [7, 11) is -3.57. The number of hydrogen-bond donors (Lipinski definition) is 2. The topological polar surface area (TPSA) is 84.2 Å². The van der Waals surface area contributed by atoms with Gasteiger partial charge in [-0.15, -0.1) is 11.3 Å². The van der Waals surface area contributed by atoms with E-state index in [4.69, 9.17) is 0 Å². The van der Waals surface area contributed by atoms with Gasteiger partial charge in [-0.05, 0) is 25.8 Å². The molecule has 3 rings (SSSR count). The van der Waals surface area contributed by atoms with Crippen molar-refractivity contribution in [3.63, 3.8) is 0 Å². The Morgan fingerprint density at radius 1 is 1.52 bits per heavy atom. The molecule has 0 aromatic carbocycles. The van der Waals surface area contributed by atoms with Gasteiger partial charge in [0.05, 0.1) is 16.5 Å². The molecule has 0 unspecified atom stereocenters. The SMILES string of the molecule is Cc1ncc(CNS(=O)(=O)c2cc(CO)n(C3CC3)c2)s1. The van der Waals surface area contributed by atoms with Gasteiger partial charge in [-0.1, -0.05) is 0 Å². The van der Waals surface area contributed by atoms with E-state index in [9.17, 15) is 13.5 Å². The number of aliphatic hydroxyl groups is 1. The number of nitrogens with zero attached hydrogens (tertiary/aromatic N) is 2. The maximum Gasteiger partial charge on any atom is 0.242 e. The number of aryl methyl sites for hydroxylation is 1. The summed E-state index contributed by atoms with van der Waals surface area (Å²) >= 11 is 1.47. The molecule has 0 radical (unpaired) electrons. The smallest absolute Gasteiger partial charge is 0.242 e. The lowest BCUT2D eigenvalue weighted by Gasteiger charge is -2.04. The molecule has 0 amide bonds. The van der Waals surface area contributed by atoms with Crippen molar-refractivity contribution in [3.05, 3.63) is 34.0 Å². The minimum absolute atomic E-state index is 0.153. The van der Waals surface area contributed by atoms with Crippen molar-refractivity contribution in [1.82, 2.24) is 14.3 Å². The standard InChI is InChI=1S/C13H17N3O3S2/c1-9-14-5-12(20-9)6-15-21(18,19)13-4-11(8-17)16(7-13)10-2-3-10/h4-5,7,10,15,17H,2-3,6,8H2,1H3. The Balaban J connectivity index is 1.77. The van der Waals surface area contributed by atoms with Gasteiger partial charge in [-0.2, -0.15) is 0 Å². The normalized spacial score (nSPS) is 15.5. The average Bonchev–Trinajstić information content (AvgIpc) is 3.05. The van der Waals surface area contributed by atoms with Crippen LogP contribution in [0.3, 0.4) is 0 Å². The van der Waals surface area contributed by atoms with Crippen LogP contribution in [0.1, 0.15) is 34.5 Å². The van der Waals surface area contributed by atoms with Gasteiger partial charge >= 0.3 is 0 Å². The largest absolute Gasteiger partial charge is 0.390 e. The van der Waals surface area contributed by atoms with E-state index in [-0.39, 0.29) is 18.0 Å². The molecular formula is C13H17N3O3S2. The van der Waals surface area contributed by atoms with Crippen molar-refractivity contribution in [1.29, 1.82) is 0 Å². The third-order valence-electron chi connectivity index (χ3n) is 3.42. The summed E-state index contributed by atoms with van der Waals surface area (Å²) in [5.74, 6) is 0. The number of rotatable bonds is 6. The van der Waals surface area contributed by atoms with Crippen LogP contribution in [0.4, 0.5) is 0 Å². The zero-order chi connectivity index (χ0) is 15.0. The first kappa shape index (κ1) is 14.7. The summed E-state index contributed by atoms with van der Waals surface area (Å²) < 4.78 is 29.1. The van der Waals surface area contributed by atoms with Gasteiger partial charge in [0.15, 0.2) is 0 Å². The van der Waals surface area contributed by atoms with Crippen LogP contribution in [0.15, 0.2) is 23.4 Å². The Hall–Kier alpha value is -1.22. The van der Waals surface area contributed by atoms with E-state index in [1.54, 1.807) is 18.5 Å². The Labute approximate surface area is 127 Å². The van der Waals surface area contributed by atoms with Gasteiger partial charge < -0.3 is 9.67 Å². The number of nitrogens with one attached hydrogen (secondary N) is 1. The molecule has 6 nitrogen and oxygen atoms in total. The van der Waals surface area contributed by atoms with Crippen molar-refractivity contribution in [3.8, 4) is 0 Å². The first-order valence-corrected chi connectivity index (χ1v) is 9.02. The zero-order valence-electron chi connectivity index (χ0n) is 11.6. The number of sulfonamides is 1. The van der Waals surface area contributed by atoms with E-state index in [1.165, 1.54) is 11.3 Å².